The summed E-state index contributed by atoms with van der Waals surface area (Å²) in [5, 5.41) is 0. The summed E-state index contributed by atoms with van der Waals surface area (Å²) in [5.41, 5.74) is 1.61. The van der Waals surface area contributed by atoms with Gasteiger partial charge < -0.3 is 9.40 Å². The Morgan fingerprint density at radius 3 is 2.86 bits per heavy atom. The average molecular weight is 200 g/mol. The lowest BCUT2D eigenvalue weighted by Gasteiger charge is -2.01. The van der Waals surface area contributed by atoms with Crippen molar-refractivity contribution in [3.63, 3.8) is 0 Å². The van der Waals surface area contributed by atoms with Crippen molar-refractivity contribution in [3.8, 4) is 0 Å². The molecule has 0 amide bonds. The number of carbonyl (C=O) groups excluding carboxylic acids is 1. The van der Waals surface area contributed by atoms with E-state index in [1.807, 2.05) is 0 Å². The van der Waals surface area contributed by atoms with E-state index in [1.165, 1.54) is 9.13 Å². The van der Waals surface area contributed by atoms with Crippen LogP contribution < -0.4 is 17.1 Å². The fourth-order valence-corrected chi connectivity index (χ4v) is 1.01. The average Bonchev–Trinajstić information content (AvgIpc) is 2.46. The van der Waals surface area contributed by atoms with Gasteiger partial charge >= 0.3 is 11.7 Å². The maximum atomic E-state index is 11.3. The third-order valence-corrected chi connectivity index (χ3v) is 1.75. The van der Waals surface area contributed by atoms with Crippen molar-refractivity contribution < 1.29 is 9.63 Å². The van der Waals surface area contributed by atoms with Crippen molar-refractivity contribution >= 4 is 5.97 Å². The Balaban J connectivity index is 2.50. The lowest BCUT2D eigenvalue weighted by molar-refractivity contribution is -0.151. The number of nitrogens with zero attached hydrogens (tertiary/aromatic N) is 2. The van der Waals surface area contributed by atoms with Gasteiger partial charge in [0.25, 0.3) is 0 Å². The number of aromatic nitrogens is 2. The zero-order valence-corrected chi connectivity index (χ0v) is 7.77. The number of hydrogen-bond donors (Lipinski definition) is 2. The molecule has 1 aromatic rings. The zero-order valence-electron chi connectivity index (χ0n) is 7.77. The van der Waals surface area contributed by atoms with E-state index in [1.54, 1.807) is 25.0 Å². The molecular formula is C7H12N4O3. The lowest BCUT2D eigenvalue weighted by atomic mass is 10.4. The summed E-state index contributed by atoms with van der Waals surface area (Å²) >= 11 is 0. The normalized spacial score (nSPS) is 10.1. The van der Waals surface area contributed by atoms with Crippen LogP contribution in [0.15, 0.2) is 17.2 Å². The largest absolute Gasteiger partial charge is 0.356 e. The van der Waals surface area contributed by atoms with Crippen molar-refractivity contribution in [3.05, 3.63) is 22.9 Å². The van der Waals surface area contributed by atoms with Gasteiger partial charge in [0, 0.05) is 26.0 Å². The van der Waals surface area contributed by atoms with Crippen LogP contribution >= 0.6 is 0 Å². The Kier molecular flexibility index (Phi) is 3.43. The maximum Gasteiger partial charge on any atom is 0.328 e. The maximum absolute atomic E-state index is 11.3. The molecule has 1 rings (SSSR count). The summed E-state index contributed by atoms with van der Waals surface area (Å²) in [4.78, 5) is 26.4. The Morgan fingerprint density at radius 1 is 1.64 bits per heavy atom. The number of carbonyl (C=O) groups is 1. The smallest absolute Gasteiger partial charge is 0.328 e. The number of imidazole rings is 1. The summed E-state index contributed by atoms with van der Waals surface area (Å²) < 4.78 is 2.84. The van der Waals surface area contributed by atoms with Gasteiger partial charge in [-0.25, -0.2) is 10.6 Å². The molecule has 78 valence electrons. The molecular weight excluding hydrogens is 188 g/mol. The topological polar surface area (TPSA) is 91.3 Å². The number of hydrogen-bond acceptors (Lipinski definition) is 5. The monoisotopic (exact) mass is 200 g/mol. The third kappa shape index (κ3) is 2.44. The van der Waals surface area contributed by atoms with E-state index in [2.05, 4.69) is 4.84 Å². The van der Waals surface area contributed by atoms with Crippen LogP contribution in [0.3, 0.4) is 0 Å². The minimum absolute atomic E-state index is 0.0914. The first-order chi connectivity index (χ1) is 6.65. The van der Waals surface area contributed by atoms with Crippen LogP contribution in [0.1, 0.15) is 6.42 Å². The molecule has 14 heavy (non-hydrogen) atoms. The Hall–Kier alpha value is -1.60. The summed E-state index contributed by atoms with van der Waals surface area (Å²) in [7, 11) is 1.64. The Labute approximate surface area is 80.0 Å². The quantitative estimate of drug-likeness (QED) is 0.456. The van der Waals surface area contributed by atoms with Crippen LogP contribution in [0.5, 0.6) is 0 Å². The second kappa shape index (κ2) is 4.58. The third-order valence-electron chi connectivity index (χ3n) is 1.75. The molecule has 7 heteroatoms. The Bertz CT molecular complexity index is 367. The molecule has 3 N–H and O–H groups in total. The van der Waals surface area contributed by atoms with Crippen LogP contribution in [0, 0.1) is 0 Å². The summed E-state index contributed by atoms with van der Waals surface area (Å²) in [5.74, 6) is 4.26. The number of hydrazine groups is 1. The molecule has 0 aromatic carbocycles. The van der Waals surface area contributed by atoms with Gasteiger partial charge in [-0.15, -0.1) is 0 Å². The van der Waals surface area contributed by atoms with Gasteiger partial charge in [0.1, 0.15) is 0 Å². The molecule has 0 bridgehead atoms. The van der Waals surface area contributed by atoms with Crippen molar-refractivity contribution in [2.75, 3.05) is 0 Å². The number of rotatable bonds is 4. The van der Waals surface area contributed by atoms with Gasteiger partial charge in [-0.2, -0.15) is 0 Å². The molecule has 0 aliphatic heterocycles. The summed E-state index contributed by atoms with van der Waals surface area (Å²) in [6.45, 7) is 0.278. The van der Waals surface area contributed by atoms with Gasteiger partial charge in [0.2, 0.25) is 0 Å². The zero-order chi connectivity index (χ0) is 10.6. The second-order valence-corrected chi connectivity index (χ2v) is 2.73. The molecule has 0 saturated heterocycles. The fourth-order valence-electron chi connectivity index (χ4n) is 1.01. The van der Waals surface area contributed by atoms with Crippen molar-refractivity contribution in [2.24, 2.45) is 12.9 Å². The minimum Gasteiger partial charge on any atom is -0.356 e. The van der Waals surface area contributed by atoms with Crippen LogP contribution in [-0.2, 0) is 23.2 Å². The molecule has 0 spiro atoms. The first kappa shape index (κ1) is 10.5. The van der Waals surface area contributed by atoms with Crippen molar-refractivity contribution in [1.82, 2.24) is 14.7 Å². The van der Waals surface area contributed by atoms with E-state index in [0.29, 0.717) is 0 Å². The van der Waals surface area contributed by atoms with E-state index in [-0.39, 0.29) is 18.7 Å². The van der Waals surface area contributed by atoms with Crippen LogP contribution in [0.4, 0.5) is 0 Å². The van der Waals surface area contributed by atoms with Gasteiger partial charge in [-0.1, -0.05) is 5.59 Å². The molecule has 0 aliphatic carbocycles. The SMILES string of the molecule is Cn1ccn(CCC(=O)ONN)c1=O. The highest BCUT2D eigenvalue weighted by Gasteiger charge is 2.04. The van der Waals surface area contributed by atoms with Gasteiger partial charge in [0.15, 0.2) is 0 Å². The minimum atomic E-state index is -0.511. The van der Waals surface area contributed by atoms with E-state index in [9.17, 15) is 9.59 Å². The highest BCUT2D eigenvalue weighted by Crippen LogP contribution is 1.89. The molecule has 0 aliphatic rings. The van der Waals surface area contributed by atoms with Crippen LogP contribution in [-0.4, -0.2) is 15.1 Å². The fraction of sp³-hybridized carbons (Fsp3) is 0.429. The van der Waals surface area contributed by atoms with E-state index >= 15 is 0 Å². The lowest BCUT2D eigenvalue weighted by Crippen LogP contribution is -2.28. The number of nitrogens with one attached hydrogen (secondary N) is 1. The molecule has 1 aromatic heterocycles. The molecule has 7 nitrogen and oxygen atoms in total. The van der Waals surface area contributed by atoms with E-state index < -0.39 is 5.97 Å². The van der Waals surface area contributed by atoms with E-state index in [4.69, 9.17) is 5.84 Å². The van der Waals surface area contributed by atoms with Gasteiger partial charge in [-0.3, -0.25) is 9.36 Å². The molecule has 0 fully saturated rings. The first-order valence-corrected chi connectivity index (χ1v) is 4.02. The number of nitrogens with two attached hydrogens (primary N) is 1. The molecule has 0 atom stereocenters. The highest BCUT2D eigenvalue weighted by atomic mass is 16.7. The van der Waals surface area contributed by atoms with Gasteiger partial charge in [0.05, 0.1) is 6.42 Å². The molecule has 0 unspecified atom stereocenters. The predicted octanol–water partition coefficient (Wildman–Crippen LogP) is -1.50. The molecule has 0 saturated carbocycles. The van der Waals surface area contributed by atoms with E-state index in [0.717, 1.165) is 0 Å². The van der Waals surface area contributed by atoms with Crippen molar-refractivity contribution in [1.29, 1.82) is 0 Å². The summed E-state index contributed by atoms with van der Waals surface area (Å²) in [6.07, 6.45) is 3.31. The van der Waals surface area contributed by atoms with Gasteiger partial charge in [-0.05, 0) is 0 Å². The Morgan fingerprint density at radius 2 is 2.36 bits per heavy atom. The summed E-state index contributed by atoms with van der Waals surface area (Å²) in [6, 6.07) is 0. The predicted molar refractivity (Wildman–Crippen MR) is 47.7 cm³/mol. The second-order valence-electron chi connectivity index (χ2n) is 2.73. The first-order valence-electron chi connectivity index (χ1n) is 4.02. The standard InChI is InChI=1S/C7H12N4O3/c1-10-4-5-11(7(10)13)3-2-6(12)14-9-8/h4-5,9H,2-3,8H2,1H3. The molecule has 0 radical (unpaired) electrons. The van der Waals surface area contributed by atoms with Crippen LogP contribution in [0.2, 0.25) is 0 Å². The number of aryl methyl sites for hydroxylation is 2. The van der Waals surface area contributed by atoms with Crippen LogP contribution in [0.25, 0.3) is 0 Å². The highest BCUT2D eigenvalue weighted by molar-refractivity contribution is 5.68. The molecule has 1 heterocycles. The van der Waals surface area contributed by atoms with Crippen molar-refractivity contribution in [2.45, 2.75) is 13.0 Å².